The van der Waals surface area contributed by atoms with Gasteiger partial charge in [-0.25, -0.2) is 14.0 Å². The number of hydrogen-bond donors (Lipinski definition) is 1. The van der Waals surface area contributed by atoms with E-state index in [2.05, 4.69) is 5.32 Å². The smallest absolute Gasteiger partial charge is 0.410 e. The van der Waals surface area contributed by atoms with Crippen LogP contribution in [0.1, 0.15) is 42.3 Å². The Balaban J connectivity index is 1.50. The average molecular weight is 851 g/mol. The zero-order valence-electron chi connectivity index (χ0n) is 30.7. The molecule has 13 nitrogen and oxygen atoms in total. The number of carbonyl (C=O) groups excluding carboxylic acids is 2. The quantitative estimate of drug-likeness (QED) is 0.215. The maximum atomic E-state index is 15.2. The molecule has 1 fully saturated rings. The van der Waals surface area contributed by atoms with Crippen LogP contribution >= 0.6 is 22.6 Å². The third kappa shape index (κ3) is 7.62. The summed E-state index contributed by atoms with van der Waals surface area (Å²) in [6.07, 6.45) is -0.451. The van der Waals surface area contributed by atoms with Gasteiger partial charge in [0.05, 0.1) is 30.5 Å². The molecule has 0 saturated carbocycles. The number of benzene rings is 3. The fraction of sp³-hybridized carbons (Fsp3) is 0.308. The van der Waals surface area contributed by atoms with Crippen molar-refractivity contribution in [2.75, 3.05) is 38.6 Å². The van der Waals surface area contributed by atoms with Crippen LogP contribution in [0, 0.1) is 16.3 Å². The van der Waals surface area contributed by atoms with Crippen molar-refractivity contribution in [1.29, 1.82) is 0 Å². The Morgan fingerprint density at radius 2 is 1.57 bits per heavy atom. The molecule has 1 aliphatic heterocycles. The van der Waals surface area contributed by atoms with E-state index in [4.69, 9.17) is 9.47 Å². The van der Waals surface area contributed by atoms with Crippen LogP contribution < -0.4 is 26.9 Å². The molecule has 54 heavy (non-hydrogen) atoms. The lowest BCUT2D eigenvalue weighted by Crippen LogP contribution is -2.51. The molecule has 0 spiro atoms. The van der Waals surface area contributed by atoms with Crippen LogP contribution in [0.25, 0.3) is 16.6 Å². The van der Waals surface area contributed by atoms with Crippen LogP contribution in [-0.2, 0) is 18.3 Å². The lowest BCUT2D eigenvalue weighted by Gasteiger charge is -2.35. The van der Waals surface area contributed by atoms with Crippen molar-refractivity contribution in [2.24, 2.45) is 7.05 Å². The Hall–Kier alpha value is -5.45. The van der Waals surface area contributed by atoms with E-state index in [0.29, 0.717) is 14.9 Å². The summed E-state index contributed by atoms with van der Waals surface area (Å²) in [7, 11) is 2.99. The van der Waals surface area contributed by atoms with E-state index in [1.165, 1.54) is 48.4 Å². The van der Waals surface area contributed by atoms with Crippen LogP contribution in [-0.4, -0.2) is 74.4 Å². The minimum atomic E-state index is -0.748. The summed E-state index contributed by atoms with van der Waals surface area (Å²) in [5.41, 5.74) is -1.38. The maximum Gasteiger partial charge on any atom is 0.410 e. The minimum Gasteiger partial charge on any atom is -0.497 e. The molecule has 1 aliphatic rings. The van der Waals surface area contributed by atoms with E-state index >= 15 is 4.39 Å². The SMILES string of the molecule is COc1ccc(Cn2c(=O)c3c(Nc4ccc(I)cc4F)n(C)c(=O)c(C)c3n(-c3cccc(C(=O)N4CCN(C(=O)OC(C)(C)C)CC4)c3)c2=O)cc1. The third-order valence-electron chi connectivity index (χ3n) is 9.15. The second-order valence-electron chi connectivity index (χ2n) is 14.0. The number of carbonyl (C=O) groups is 2. The minimum absolute atomic E-state index is 0.0157. The molecule has 2 aromatic heterocycles. The van der Waals surface area contributed by atoms with Crippen molar-refractivity contribution in [3.63, 3.8) is 0 Å². The molecule has 2 amide bonds. The molecule has 1 saturated heterocycles. The van der Waals surface area contributed by atoms with Gasteiger partial charge in [0.1, 0.15) is 28.4 Å². The number of amides is 2. The van der Waals surface area contributed by atoms with Gasteiger partial charge in [0.25, 0.3) is 17.0 Å². The number of aryl methyl sites for hydroxylation is 1. The van der Waals surface area contributed by atoms with Crippen LogP contribution in [0.3, 0.4) is 0 Å². The molecule has 0 unspecified atom stereocenters. The van der Waals surface area contributed by atoms with Gasteiger partial charge in [-0.1, -0.05) is 18.2 Å². The topological polar surface area (TPSA) is 137 Å². The number of ether oxygens (including phenoxy) is 2. The number of pyridine rings is 1. The van der Waals surface area contributed by atoms with E-state index in [-0.39, 0.29) is 77.9 Å². The lowest BCUT2D eigenvalue weighted by molar-refractivity contribution is 0.0141. The van der Waals surface area contributed by atoms with E-state index in [1.54, 1.807) is 79.1 Å². The number of halogens is 2. The first-order chi connectivity index (χ1) is 25.6. The Morgan fingerprint density at radius 3 is 2.20 bits per heavy atom. The molecule has 0 aliphatic carbocycles. The van der Waals surface area contributed by atoms with Gasteiger partial charge < -0.3 is 24.6 Å². The van der Waals surface area contributed by atoms with Crippen molar-refractivity contribution in [3.05, 3.63) is 124 Å². The number of fused-ring (bicyclic) bond motifs is 1. The third-order valence-corrected chi connectivity index (χ3v) is 9.82. The Kier molecular flexibility index (Phi) is 10.7. The molecule has 3 aromatic carbocycles. The molecular formula is C39H40FIN6O7. The van der Waals surface area contributed by atoms with E-state index in [0.717, 1.165) is 4.57 Å². The molecule has 0 atom stereocenters. The molecule has 6 rings (SSSR count). The molecular weight excluding hydrogens is 810 g/mol. The van der Waals surface area contributed by atoms with E-state index < -0.39 is 34.3 Å². The first-order valence-corrected chi connectivity index (χ1v) is 18.3. The molecule has 5 aromatic rings. The normalized spacial score (nSPS) is 13.3. The fourth-order valence-corrected chi connectivity index (χ4v) is 6.83. The number of nitrogens with one attached hydrogen (secondary N) is 1. The standard InChI is InChI=1S/C39H40FIN6O7/c1-23-32-31(33(43(5)34(23)48)42-30-15-12-26(41)21-29(30)40)36(50)46(22-24-10-13-28(53-6)14-11-24)37(51)47(32)27-9-7-8-25(20-27)35(49)44-16-18-45(19-17-44)38(52)54-39(2,3)4/h7-15,20-21,42H,16-19,22H2,1-6H3. The number of aromatic nitrogens is 3. The van der Waals surface area contributed by atoms with Crippen LogP contribution in [0.5, 0.6) is 5.75 Å². The van der Waals surface area contributed by atoms with Gasteiger partial charge >= 0.3 is 11.8 Å². The molecule has 0 radical (unpaired) electrons. The number of rotatable bonds is 7. The molecule has 282 valence electrons. The molecule has 3 heterocycles. The Labute approximate surface area is 323 Å². The predicted molar refractivity (Wildman–Crippen MR) is 212 cm³/mol. The summed E-state index contributed by atoms with van der Waals surface area (Å²) in [6, 6.07) is 17.8. The largest absolute Gasteiger partial charge is 0.497 e. The molecule has 1 N–H and O–H groups in total. The van der Waals surface area contributed by atoms with Crippen molar-refractivity contribution in [3.8, 4) is 11.4 Å². The molecule has 0 bridgehead atoms. The number of methoxy groups -OCH3 is 1. The van der Waals surface area contributed by atoms with Crippen LogP contribution in [0.15, 0.2) is 81.1 Å². The summed E-state index contributed by atoms with van der Waals surface area (Å²) in [5.74, 6) is -0.355. The van der Waals surface area contributed by atoms with Gasteiger partial charge in [-0.15, -0.1) is 0 Å². The number of hydrogen-bond acceptors (Lipinski definition) is 8. The highest BCUT2D eigenvalue weighted by molar-refractivity contribution is 14.1. The number of anilines is 2. The number of nitrogens with zero attached hydrogens (tertiary/aromatic N) is 5. The van der Waals surface area contributed by atoms with Gasteiger partial charge in [-0.05, 0) is 104 Å². The zero-order valence-corrected chi connectivity index (χ0v) is 32.9. The summed E-state index contributed by atoms with van der Waals surface area (Å²) < 4.78 is 30.2. The van der Waals surface area contributed by atoms with Gasteiger partial charge in [0, 0.05) is 47.9 Å². The second-order valence-corrected chi connectivity index (χ2v) is 15.2. The maximum absolute atomic E-state index is 15.2. The molecule has 15 heteroatoms. The van der Waals surface area contributed by atoms with Crippen molar-refractivity contribution in [1.82, 2.24) is 23.5 Å². The van der Waals surface area contributed by atoms with Crippen LogP contribution in [0.4, 0.5) is 20.7 Å². The van der Waals surface area contributed by atoms with Crippen molar-refractivity contribution in [2.45, 2.75) is 39.8 Å². The monoisotopic (exact) mass is 850 g/mol. The van der Waals surface area contributed by atoms with Gasteiger partial charge in [0.15, 0.2) is 0 Å². The Bertz CT molecular complexity index is 2460. The van der Waals surface area contributed by atoms with E-state index in [9.17, 15) is 24.0 Å². The highest BCUT2D eigenvalue weighted by Crippen LogP contribution is 2.28. The predicted octanol–water partition coefficient (Wildman–Crippen LogP) is 5.40. The summed E-state index contributed by atoms with van der Waals surface area (Å²) >= 11 is 1.98. The van der Waals surface area contributed by atoms with Crippen LogP contribution in [0.2, 0.25) is 0 Å². The highest BCUT2D eigenvalue weighted by atomic mass is 127. The first-order valence-electron chi connectivity index (χ1n) is 17.2. The summed E-state index contributed by atoms with van der Waals surface area (Å²) in [5, 5.41) is 2.93. The Morgan fingerprint density at radius 1 is 0.907 bits per heavy atom. The first kappa shape index (κ1) is 38.3. The van der Waals surface area contributed by atoms with E-state index in [1.807, 2.05) is 22.6 Å². The van der Waals surface area contributed by atoms with Gasteiger partial charge in [-0.2, -0.15) is 0 Å². The summed E-state index contributed by atoms with van der Waals surface area (Å²) in [6.45, 7) is 7.82. The average Bonchev–Trinajstić information content (AvgIpc) is 3.14. The van der Waals surface area contributed by atoms with Gasteiger partial charge in [0.2, 0.25) is 0 Å². The lowest BCUT2D eigenvalue weighted by atomic mass is 10.1. The summed E-state index contributed by atoms with van der Waals surface area (Å²) in [4.78, 5) is 72.6. The van der Waals surface area contributed by atoms with Crippen molar-refractivity contribution >= 4 is 57.0 Å². The van der Waals surface area contributed by atoms with Gasteiger partial charge in [-0.3, -0.25) is 28.1 Å². The zero-order chi connectivity index (χ0) is 39.1. The second kappa shape index (κ2) is 15.1. The highest BCUT2D eigenvalue weighted by Gasteiger charge is 2.29. The van der Waals surface area contributed by atoms with Crippen molar-refractivity contribution < 1.29 is 23.5 Å². The fourth-order valence-electron chi connectivity index (χ4n) is 6.38. The number of piperazine rings is 1.